The molecule has 0 saturated heterocycles. The molecule has 0 aliphatic carbocycles. The Morgan fingerprint density at radius 3 is 2.50 bits per heavy atom. The van der Waals surface area contributed by atoms with E-state index in [1.165, 1.54) is 7.11 Å². The van der Waals surface area contributed by atoms with Gasteiger partial charge in [-0.25, -0.2) is 0 Å². The van der Waals surface area contributed by atoms with Crippen LogP contribution >= 0.6 is 0 Å². The third-order valence-electron chi connectivity index (χ3n) is 0.394. The molecule has 0 spiro atoms. The molecule has 3 heteroatoms. The number of carbonyl (C=O) groups is 1. The van der Waals surface area contributed by atoms with Gasteiger partial charge in [-0.3, -0.25) is 4.79 Å². The lowest BCUT2D eigenvalue weighted by molar-refractivity contribution is -0.138. The third kappa shape index (κ3) is 1.72. The summed E-state index contributed by atoms with van der Waals surface area (Å²) in [4.78, 5) is 9.83. The van der Waals surface area contributed by atoms with Gasteiger partial charge in [-0.05, 0) is 0 Å². The Labute approximate surface area is 36.1 Å². The summed E-state index contributed by atoms with van der Waals surface area (Å²) < 4.78 is 4.14. The van der Waals surface area contributed by atoms with Crippen LogP contribution in [-0.2, 0) is 9.53 Å². The summed E-state index contributed by atoms with van der Waals surface area (Å²) in [5.41, 5.74) is 4.81. The maximum absolute atomic E-state index is 9.83. The maximum Gasteiger partial charge on any atom is 0.319 e. The highest BCUT2D eigenvalue weighted by Gasteiger charge is 1.87. The Morgan fingerprint density at radius 1 is 2.00 bits per heavy atom. The number of esters is 1. The van der Waals surface area contributed by atoms with Crippen LogP contribution in [0.5, 0.6) is 0 Å². The van der Waals surface area contributed by atoms with E-state index < -0.39 is 0 Å². The molecule has 0 heterocycles. The average Bonchev–Trinajstić information content (AvgIpc) is 1.65. The summed E-state index contributed by atoms with van der Waals surface area (Å²) in [5, 5.41) is 0. The first kappa shape index (κ1) is 5.43. The molecular weight excluding hydrogens is 83.0 g/mol. The quantitative estimate of drug-likeness (QED) is 0.336. The largest absolute Gasteiger partial charge is 0.468 e. The Balaban J connectivity index is 2.99. The van der Waals surface area contributed by atoms with Crippen molar-refractivity contribution >= 4 is 5.97 Å². The summed E-state index contributed by atoms with van der Waals surface area (Å²) in [7, 11) is 1.30. The van der Waals surface area contributed by atoms with Crippen molar-refractivity contribution in [2.45, 2.75) is 0 Å². The molecule has 0 rings (SSSR count). The van der Waals surface area contributed by atoms with Crippen LogP contribution in [0.1, 0.15) is 0 Å². The molecule has 0 aliphatic heterocycles. The van der Waals surface area contributed by atoms with E-state index >= 15 is 0 Å². The Hall–Kier alpha value is -0.570. The Bertz CT molecular complexity index is 46.8. The van der Waals surface area contributed by atoms with E-state index in [9.17, 15) is 4.79 Å². The van der Waals surface area contributed by atoms with Gasteiger partial charge in [0.05, 0.1) is 13.7 Å². The zero-order chi connectivity index (χ0) is 4.99. The normalized spacial score (nSPS) is 7.67. The second-order valence-corrected chi connectivity index (χ2v) is 0.780. The smallest absolute Gasteiger partial charge is 0.319 e. The van der Waals surface area contributed by atoms with Gasteiger partial charge in [-0.15, -0.1) is 0 Å². The van der Waals surface area contributed by atoms with E-state index in [1.807, 2.05) is 0 Å². The van der Waals surface area contributed by atoms with Crippen molar-refractivity contribution < 1.29 is 9.53 Å². The molecule has 0 aromatic carbocycles. The van der Waals surface area contributed by atoms with Gasteiger partial charge in [0.2, 0.25) is 0 Å². The average molecular weight is 90.1 g/mol. The lowest BCUT2D eigenvalue weighted by Gasteiger charge is -1.87. The van der Waals surface area contributed by atoms with Crippen molar-refractivity contribution in [3.8, 4) is 0 Å². The summed E-state index contributed by atoms with van der Waals surface area (Å²) in [6.07, 6.45) is 0. The minimum absolute atomic E-state index is 0.0312. The van der Waals surface area contributed by atoms with Gasteiger partial charge in [0.1, 0.15) is 0 Å². The SMILES string of the molecule is COC(=O)C[15NH2]. The van der Waals surface area contributed by atoms with E-state index in [1.54, 1.807) is 0 Å². The molecule has 0 aromatic heterocycles. The molecule has 3 nitrogen and oxygen atoms in total. The van der Waals surface area contributed by atoms with Crippen LogP contribution in [0.25, 0.3) is 0 Å². The minimum Gasteiger partial charge on any atom is -0.468 e. The molecule has 0 bridgehead atoms. The van der Waals surface area contributed by atoms with Gasteiger partial charge in [-0.1, -0.05) is 0 Å². The molecule has 0 aromatic rings. The van der Waals surface area contributed by atoms with E-state index in [0.29, 0.717) is 0 Å². The van der Waals surface area contributed by atoms with Crippen molar-refractivity contribution in [2.75, 3.05) is 13.7 Å². The van der Waals surface area contributed by atoms with Crippen LogP contribution in [0.15, 0.2) is 0 Å². The van der Waals surface area contributed by atoms with Gasteiger partial charge in [-0.2, -0.15) is 0 Å². The molecule has 0 atom stereocenters. The third-order valence-corrected chi connectivity index (χ3v) is 0.394. The van der Waals surface area contributed by atoms with Gasteiger partial charge < -0.3 is 10.5 Å². The Kier molecular flexibility index (Phi) is 2.40. The van der Waals surface area contributed by atoms with Crippen molar-refractivity contribution in [3.63, 3.8) is 0 Å². The Morgan fingerprint density at radius 2 is 2.50 bits per heavy atom. The minimum atomic E-state index is -0.380. The molecule has 0 radical (unpaired) electrons. The van der Waals surface area contributed by atoms with Crippen molar-refractivity contribution in [1.82, 2.24) is 0 Å². The molecule has 2 N–H and O–H groups in total. The molecule has 0 amide bonds. The topological polar surface area (TPSA) is 52.3 Å². The first-order valence-electron chi connectivity index (χ1n) is 1.58. The number of hydrogen-bond acceptors (Lipinski definition) is 3. The zero-order valence-corrected chi connectivity index (χ0v) is 3.60. The van der Waals surface area contributed by atoms with Crippen LogP contribution < -0.4 is 5.73 Å². The fourth-order valence-electron chi connectivity index (χ4n) is 0.0833. The first-order chi connectivity index (χ1) is 2.81. The standard InChI is InChI=1S/C3H7NO2/c1-6-3(5)2-4/h2,4H2,1H3/i4+1. The number of ether oxygens (including phenoxy) is 1. The lowest BCUT2D eigenvalue weighted by Crippen LogP contribution is -2.14. The number of carbonyl (C=O) groups excluding carboxylic acids is 1. The monoisotopic (exact) mass is 90.0 g/mol. The first-order valence-corrected chi connectivity index (χ1v) is 1.58. The lowest BCUT2D eigenvalue weighted by atomic mass is 10.7. The number of rotatable bonds is 1. The van der Waals surface area contributed by atoms with Crippen LogP contribution in [-0.4, -0.2) is 19.6 Å². The van der Waals surface area contributed by atoms with E-state index in [0.717, 1.165) is 0 Å². The van der Waals surface area contributed by atoms with Crippen molar-refractivity contribution in [2.24, 2.45) is 5.73 Å². The van der Waals surface area contributed by atoms with Gasteiger partial charge in [0, 0.05) is 0 Å². The van der Waals surface area contributed by atoms with Crippen molar-refractivity contribution in [1.29, 1.82) is 0 Å². The molecule has 0 saturated carbocycles. The highest BCUT2D eigenvalue weighted by molar-refractivity contribution is 5.70. The van der Waals surface area contributed by atoms with Gasteiger partial charge >= 0.3 is 5.97 Å². The highest BCUT2D eigenvalue weighted by atomic mass is 16.5. The summed E-state index contributed by atoms with van der Waals surface area (Å²) in [6.45, 7) is -0.0312. The van der Waals surface area contributed by atoms with Crippen LogP contribution in [0.4, 0.5) is 0 Å². The summed E-state index contributed by atoms with van der Waals surface area (Å²) in [6, 6.07) is 0. The van der Waals surface area contributed by atoms with E-state index in [-0.39, 0.29) is 12.5 Å². The molecular formula is C3H7NO2. The molecule has 0 aliphatic rings. The van der Waals surface area contributed by atoms with Crippen LogP contribution in [0.3, 0.4) is 0 Å². The number of nitrogens with two attached hydrogens (primary N) is 1. The summed E-state index contributed by atoms with van der Waals surface area (Å²) >= 11 is 0. The van der Waals surface area contributed by atoms with Gasteiger partial charge in [0.25, 0.3) is 0 Å². The molecule has 6 heavy (non-hydrogen) atoms. The zero-order valence-electron chi connectivity index (χ0n) is 3.60. The number of hydrogen-bond donors (Lipinski definition) is 1. The predicted octanol–water partition coefficient (Wildman–Crippen LogP) is -0.882. The molecule has 36 valence electrons. The van der Waals surface area contributed by atoms with E-state index in [4.69, 9.17) is 5.73 Å². The fourth-order valence-corrected chi connectivity index (χ4v) is 0.0833. The predicted molar refractivity (Wildman–Crippen MR) is 21.1 cm³/mol. The fraction of sp³-hybridized carbons (Fsp3) is 0.667. The molecule has 0 fully saturated rings. The maximum atomic E-state index is 9.83. The van der Waals surface area contributed by atoms with Crippen LogP contribution in [0.2, 0.25) is 0 Å². The van der Waals surface area contributed by atoms with E-state index in [2.05, 4.69) is 4.74 Å². The van der Waals surface area contributed by atoms with Crippen LogP contribution in [0, 0.1) is 0 Å². The highest BCUT2D eigenvalue weighted by Crippen LogP contribution is 1.61. The number of methoxy groups -OCH3 is 1. The molecule has 0 unspecified atom stereocenters. The second-order valence-electron chi connectivity index (χ2n) is 0.780. The van der Waals surface area contributed by atoms with Crippen molar-refractivity contribution in [3.05, 3.63) is 0 Å². The summed E-state index contributed by atoms with van der Waals surface area (Å²) in [5.74, 6) is -0.380. The second kappa shape index (κ2) is 2.66. The van der Waals surface area contributed by atoms with Gasteiger partial charge in [0.15, 0.2) is 0 Å².